The molecule has 0 aromatic heterocycles. The Morgan fingerprint density at radius 3 is 2.19 bits per heavy atom. The van der Waals surface area contributed by atoms with Gasteiger partial charge in [-0.25, -0.2) is 21.6 Å². The van der Waals surface area contributed by atoms with E-state index in [9.17, 15) is 16.8 Å². The van der Waals surface area contributed by atoms with Gasteiger partial charge in [-0.1, -0.05) is 39.7 Å². The van der Waals surface area contributed by atoms with E-state index < -0.39 is 19.9 Å². The van der Waals surface area contributed by atoms with Gasteiger partial charge in [0.25, 0.3) is 0 Å². The summed E-state index contributed by atoms with van der Waals surface area (Å²) in [7, 11) is -6.22. The van der Waals surface area contributed by atoms with Crippen molar-refractivity contribution < 1.29 is 21.6 Å². The second-order valence-corrected chi connectivity index (χ2v) is 11.9. The quantitative estimate of drug-likeness (QED) is 0.459. The van der Waals surface area contributed by atoms with E-state index in [4.69, 9.17) is 4.74 Å². The first kappa shape index (κ1) is 24.4. The van der Waals surface area contributed by atoms with Crippen LogP contribution in [0.4, 0.5) is 0 Å². The smallest absolute Gasteiger partial charge is 0.240 e. The molecule has 0 fully saturated rings. The summed E-state index contributed by atoms with van der Waals surface area (Å²) in [5, 5.41) is 0. The fourth-order valence-corrected chi connectivity index (χ4v) is 6.30. The molecule has 0 spiro atoms. The number of hydrogen-bond acceptors (Lipinski definition) is 5. The van der Waals surface area contributed by atoms with Gasteiger partial charge in [0.15, 0.2) is 0 Å². The highest BCUT2D eigenvalue weighted by Crippen LogP contribution is 2.26. The summed E-state index contributed by atoms with van der Waals surface area (Å²) in [4.78, 5) is -0.0158. The SMILES string of the molecule is COc1ccc(Br)cc1CCNS(=O)(=O)c1cc(S(=O)(=O)c2ccc(C)cc2)ccc1C. The molecule has 0 saturated heterocycles. The number of nitrogens with one attached hydrogen (secondary N) is 1. The maximum Gasteiger partial charge on any atom is 0.240 e. The van der Waals surface area contributed by atoms with Crippen molar-refractivity contribution in [3.05, 3.63) is 81.8 Å². The molecule has 0 unspecified atom stereocenters. The highest BCUT2D eigenvalue weighted by atomic mass is 79.9. The minimum absolute atomic E-state index is 0.0631. The van der Waals surface area contributed by atoms with Crippen LogP contribution in [0.1, 0.15) is 16.7 Å². The van der Waals surface area contributed by atoms with Crippen LogP contribution in [-0.2, 0) is 26.3 Å². The number of aryl methyl sites for hydroxylation is 2. The molecule has 9 heteroatoms. The zero-order chi connectivity index (χ0) is 23.5. The zero-order valence-corrected chi connectivity index (χ0v) is 21.1. The average Bonchev–Trinajstić information content (AvgIpc) is 2.74. The minimum Gasteiger partial charge on any atom is -0.496 e. The maximum atomic E-state index is 13.0. The first-order valence-electron chi connectivity index (χ1n) is 9.79. The van der Waals surface area contributed by atoms with Crippen molar-refractivity contribution in [1.82, 2.24) is 4.72 Å². The van der Waals surface area contributed by atoms with E-state index in [1.165, 1.54) is 30.3 Å². The van der Waals surface area contributed by atoms with E-state index in [1.54, 1.807) is 32.2 Å². The Bertz CT molecular complexity index is 1340. The first-order valence-corrected chi connectivity index (χ1v) is 13.5. The number of methoxy groups -OCH3 is 1. The molecule has 6 nitrogen and oxygen atoms in total. The summed E-state index contributed by atoms with van der Waals surface area (Å²) < 4.78 is 60.7. The summed E-state index contributed by atoms with van der Waals surface area (Å²) in [6.45, 7) is 3.63. The molecular formula is C23H24BrNO5S2. The number of sulfone groups is 1. The Morgan fingerprint density at radius 2 is 1.53 bits per heavy atom. The molecule has 0 radical (unpaired) electrons. The second kappa shape index (κ2) is 9.74. The second-order valence-electron chi connectivity index (χ2n) is 7.35. The van der Waals surface area contributed by atoms with Crippen molar-refractivity contribution >= 4 is 35.8 Å². The Labute approximate surface area is 197 Å². The van der Waals surface area contributed by atoms with E-state index in [-0.39, 0.29) is 21.2 Å². The molecule has 0 aliphatic rings. The van der Waals surface area contributed by atoms with Gasteiger partial charge in [0, 0.05) is 11.0 Å². The molecule has 0 amide bonds. The normalized spacial score (nSPS) is 12.0. The Hall–Kier alpha value is -2.20. The lowest BCUT2D eigenvalue weighted by atomic mass is 10.1. The van der Waals surface area contributed by atoms with Crippen LogP contribution < -0.4 is 9.46 Å². The van der Waals surface area contributed by atoms with E-state index in [0.29, 0.717) is 17.7 Å². The Kier molecular flexibility index (Phi) is 7.44. The molecule has 3 rings (SSSR count). The van der Waals surface area contributed by atoms with Gasteiger partial charge in [-0.3, -0.25) is 0 Å². The van der Waals surface area contributed by atoms with Gasteiger partial charge in [0.2, 0.25) is 19.9 Å². The van der Waals surface area contributed by atoms with E-state index in [0.717, 1.165) is 15.6 Å². The summed E-state index contributed by atoms with van der Waals surface area (Å²) in [6.07, 6.45) is 0.405. The van der Waals surface area contributed by atoms with E-state index in [1.807, 2.05) is 19.1 Å². The molecule has 3 aromatic rings. The van der Waals surface area contributed by atoms with Crippen LogP contribution in [0, 0.1) is 13.8 Å². The highest BCUT2D eigenvalue weighted by Gasteiger charge is 2.23. The summed E-state index contributed by atoms with van der Waals surface area (Å²) in [6, 6.07) is 16.1. The highest BCUT2D eigenvalue weighted by molar-refractivity contribution is 9.10. The molecule has 0 aliphatic carbocycles. The number of rotatable bonds is 8. The third kappa shape index (κ3) is 5.40. The third-order valence-corrected chi connectivity index (χ3v) is 8.88. The predicted molar refractivity (Wildman–Crippen MR) is 127 cm³/mol. The van der Waals surface area contributed by atoms with Gasteiger partial charge in [0.1, 0.15) is 5.75 Å². The molecule has 0 aliphatic heterocycles. The molecular weight excluding hydrogens is 514 g/mol. The lowest BCUT2D eigenvalue weighted by molar-refractivity contribution is 0.409. The van der Waals surface area contributed by atoms with Gasteiger partial charge in [-0.2, -0.15) is 0 Å². The van der Waals surface area contributed by atoms with Crippen molar-refractivity contribution in [3.63, 3.8) is 0 Å². The van der Waals surface area contributed by atoms with Crippen molar-refractivity contribution in [2.24, 2.45) is 0 Å². The van der Waals surface area contributed by atoms with Crippen molar-refractivity contribution in [2.75, 3.05) is 13.7 Å². The molecule has 0 bridgehead atoms. The van der Waals surface area contributed by atoms with Crippen LogP contribution >= 0.6 is 15.9 Å². The Morgan fingerprint density at radius 1 is 0.875 bits per heavy atom. The van der Waals surface area contributed by atoms with Crippen LogP contribution in [0.2, 0.25) is 0 Å². The van der Waals surface area contributed by atoms with Crippen LogP contribution in [0.5, 0.6) is 5.75 Å². The molecule has 170 valence electrons. The molecule has 3 aromatic carbocycles. The number of ether oxygens (including phenoxy) is 1. The summed E-state index contributed by atoms with van der Waals surface area (Å²) >= 11 is 3.40. The van der Waals surface area contributed by atoms with Gasteiger partial charge < -0.3 is 4.74 Å². The molecule has 1 N–H and O–H groups in total. The van der Waals surface area contributed by atoms with Gasteiger partial charge in [-0.15, -0.1) is 0 Å². The monoisotopic (exact) mass is 537 g/mol. The van der Waals surface area contributed by atoms with Gasteiger partial charge >= 0.3 is 0 Å². The summed E-state index contributed by atoms with van der Waals surface area (Å²) in [5.41, 5.74) is 2.24. The number of halogens is 1. The lowest BCUT2D eigenvalue weighted by Crippen LogP contribution is -2.27. The van der Waals surface area contributed by atoms with Gasteiger partial charge in [-0.05, 0) is 73.9 Å². The van der Waals surface area contributed by atoms with Gasteiger partial charge in [0.05, 0.1) is 21.8 Å². The molecule has 0 heterocycles. The van der Waals surface area contributed by atoms with Crippen molar-refractivity contribution in [3.8, 4) is 5.75 Å². The fraction of sp³-hybridized carbons (Fsp3) is 0.217. The Balaban J connectivity index is 1.85. The lowest BCUT2D eigenvalue weighted by Gasteiger charge is -2.13. The average molecular weight is 538 g/mol. The predicted octanol–water partition coefficient (Wildman–Crippen LogP) is 4.43. The topological polar surface area (TPSA) is 89.5 Å². The molecule has 32 heavy (non-hydrogen) atoms. The standard InChI is InChI=1S/C23H24BrNO5S2/c1-16-4-8-20(9-5-16)31(26,27)21-10-6-17(2)23(15-21)32(28,29)25-13-12-18-14-19(24)7-11-22(18)30-3/h4-11,14-15,25H,12-13H2,1-3H3. The fourth-order valence-electron chi connectivity index (χ4n) is 3.23. The maximum absolute atomic E-state index is 13.0. The van der Waals surface area contributed by atoms with Crippen LogP contribution in [0.15, 0.2) is 79.8 Å². The zero-order valence-electron chi connectivity index (χ0n) is 17.9. The number of benzene rings is 3. The largest absolute Gasteiger partial charge is 0.496 e. The van der Waals surface area contributed by atoms with E-state index in [2.05, 4.69) is 20.7 Å². The number of sulfonamides is 1. The molecule has 0 saturated carbocycles. The van der Waals surface area contributed by atoms with Crippen molar-refractivity contribution in [2.45, 2.75) is 35.0 Å². The van der Waals surface area contributed by atoms with Crippen LogP contribution in [0.3, 0.4) is 0 Å². The third-order valence-electron chi connectivity index (χ3n) is 5.02. The van der Waals surface area contributed by atoms with Crippen molar-refractivity contribution in [1.29, 1.82) is 0 Å². The molecule has 0 atom stereocenters. The minimum atomic E-state index is -3.93. The van der Waals surface area contributed by atoms with Crippen LogP contribution in [-0.4, -0.2) is 30.5 Å². The number of hydrogen-bond donors (Lipinski definition) is 1. The summed E-state index contributed by atoms with van der Waals surface area (Å²) in [5.74, 6) is 0.662. The first-order chi connectivity index (χ1) is 15.0. The van der Waals surface area contributed by atoms with E-state index >= 15 is 0 Å². The van der Waals surface area contributed by atoms with Crippen LogP contribution in [0.25, 0.3) is 0 Å².